The third-order valence-electron chi connectivity index (χ3n) is 3.08. The predicted molar refractivity (Wildman–Crippen MR) is 67.3 cm³/mol. The number of nitrogens with one attached hydrogen (secondary N) is 1. The monoisotopic (exact) mass is 322 g/mol. The van der Waals surface area contributed by atoms with Crippen LogP contribution in [0, 0.1) is 5.82 Å². The van der Waals surface area contributed by atoms with Crippen molar-refractivity contribution in [3.05, 3.63) is 34.1 Å². The van der Waals surface area contributed by atoms with E-state index >= 15 is 0 Å². The van der Waals surface area contributed by atoms with Crippen molar-refractivity contribution in [3.8, 4) is 0 Å². The van der Waals surface area contributed by atoms with Crippen molar-refractivity contribution in [1.82, 2.24) is 10.2 Å². The van der Waals surface area contributed by atoms with E-state index in [1.807, 2.05) is 0 Å². The molecule has 0 saturated carbocycles. The highest BCUT2D eigenvalue weighted by Crippen LogP contribution is 2.32. The second-order valence-electron chi connectivity index (χ2n) is 4.21. The number of rotatable bonds is 3. The third-order valence-corrected chi connectivity index (χ3v) is 3.70. The van der Waals surface area contributed by atoms with Gasteiger partial charge in [0.25, 0.3) is 6.43 Å². The van der Waals surface area contributed by atoms with Gasteiger partial charge < -0.3 is 5.32 Å². The van der Waals surface area contributed by atoms with Crippen LogP contribution >= 0.6 is 15.9 Å². The Balaban J connectivity index is 2.31. The fourth-order valence-electron chi connectivity index (χ4n) is 2.20. The second kappa shape index (κ2) is 6.04. The van der Waals surface area contributed by atoms with E-state index in [1.165, 1.54) is 12.1 Å². The smallest absolute Gasteiger partial charge is 0.258 e. The molecule has 1 N–H and O–H groups in total. The molecule has 0 radical (unpaired) electrons. The molecule has 1 heterocycles. The Morgan fingerprint density at radius 3 is 2.50 bits per heavy atom. The third kappa shape index (κ3) is 2.87. The first kappa shape index (κ1) is 13.8. The van der Waals surface area contributed by atoms with Gasteiger partial charge >= 0.3 is 0 Å². The Labute approximate surface area is 112 Å². The number of nitrogens with zero attached hydrogens (tertiary/aromatic N) is 1. The van der Waals surface area contributed by atoms with Gasteiger partial charge in [-0.2, -0.15) is 0 Å². The van der Waals surface area contributed by atoms with Crippen molar-refractivity contribution < 1.29 is 13.2 Å². The number of piperazine rings is 1. The molecule has 2 nitrogen and oxygen atoms in total. The lowest BCUT2D eigenvalue weighted by Gasteiger charge is -2.34. The van der Waals surface area contributed by atoms with Crippen LogP contribution in [0.3, 0.4) is 0 Å². The highest BCUT2D eigenvalue weighted by atomic mass is 79.9. The fraction of sp³-hybridized carbons (Fsp3) is 0.500. The van der Waals surface area contributed by atoms with Crippen LogP contribution in [0.5, 0.6) is 0 Å². The summed E-state index contributed by atoms with van der Waals surface area (Å²) >= 11 is 3.04. The highest BCUT2D eigenvalue weighted by Gasteiger charge is 2.32. The molecule has 100 valence electrons. The maximum Gasteiger partial charge on any atom is 0.258 e. The van der Waals surface area contributed by atoms with Gasteiger partial charge in [-0.25, -0.2) is 13.2 Å². The maximum absolute atomic E-state index is 13.9. The summed E-state index contributed by atoms with van der Waals surface area (Å²) in [5.74, 6) is -0.596. The molecule has 1 saturated heterocycles. The predicted octanol–water partition coefficient (Wildman–Crippen LogP) is 2.80. The van der Waals surface area contributed by atoms with Crippen molar-refractivity contribution >= 4 is 15.9 Å². The van der Waals surface area contributed by atoms with E-state index in [4.69, 9.17) is 0 Å². The SMILES string of the molecule is Fc1c(Br)cccc1[C@H](C(F)F)N1CCNCC1. The maximum atomic E-state index is 13.9. The number of halogens is 4. The van der Waals surface area contributed by atoms with E-state index in [9.17, 15) is 13.2 Å². The molecule has 0 bridgehead atoms. The molecule has 2 rings (SSSR count). The van der Waals surface area contributed by atoms with E-state index in [-0.39, 0.29) is 10.0 Å². The Bertz CT molecular complexity index is 408. The summed E-state index contributed by atoms with van der Waals surface area (Å²) in [6, 6.07) is 3.35. The van der Waals surface area contributed by atoms with Crippen molar-refractivity contribution in [2.75, 3.05) is 26.2 Å². The molecule has 1 aliphatic rings. The molecule has 0 spiro atoms. The lowest BCUT2D eigenvalue weighted by Crippen LogP contribution is -2.47. The van der Waals surface area contributed by atoms with E-state index in [2.05, 4.69) is 21.2 Å². The molecule has 1 aromatic rings. The minimum atomic E-state index is -2.60. The first-order valence-electron chi connectivity index (χ1n) is 5.78. The standard InChI is InChI=1S/C12H14BrF3N2/c13-9-3-1-2-8(10(9)14)11(12(15)16)18-6-4-17-5-7-18/h1-3,11-12,17H,4-7H2/t11-/m1/s1. The van der Waals surface area contributed by atoms with Gasteiger partial charge in [-0.05, 0) is 22.0 Å². The minimum absolute atomic E-state index is 0.0567. The van der Waals surface area contributed by atoms with Gasteiger partial charge in [0.2, 0.25) is 0 Å². The van der Waals surface area contributed by atoms with E-state index in [1.54, 1.807) is 11.0 Å². The summed E-state index contributed by atoms with van der Waals surface area (Å²) in [7, 11) is 0. The van der Waals surface area contributed by atoms with Gasteiger partial charge in [0.15, 0.2) is 0 Å². The number of alkyl halides is 2. The van der Waals surface area contributed by atoms with Gasteiger partial charge in [0.1, 0.15) is 5.82 Å². The van der Waals surface area contributed by atoms with Crippen LogP contribution in [0.25, 0.3) is 0 Å². The van der Waals surface area contributed by atoms with Crippen molar-refractivity contribution in [3.63, 3.8) is 0 Å². The highest BCUT2D eigenvalue weighted by molar-refractivity contribution is 9.10. The minimum Gasteiger partial charge on any atom is -0.314 e. The first-order chi connectivity index (χ1) is 8.61. The van der Waals surface area contributed by atoms with Gasteiger partial charge in [0.05, 0.1) is 10.5 Å². The van der Waals surface area contributed by atoms with E-state index < -0.39 is 18.3 Å². The number of benzene rings is 1. The van der Waals surface area contributed by atoms with Gasteiger partial charge in [-0.1, -0.05) is 12.1 Å². The van der Waals surface area contributed by atoms with E-state index in [0.717, 1.165) is 0 Å². The van der Waals surface area contributed by atoms with Crippen LogP contribution in [-0.4, -0.2) is 37.5 Å². The summed E-state index contributed by atoms with van der Waals surface area (Å²) in [4.78, 5) is 1.63. The largest absolute Gasteiger partial charge is 0.314 e. The molecule has 1 aliphatic heterocycles. The van der Waals surface area contributed by atoms with Gasteiger partial charge in [-0.15, -0.1) is 0 Å². The number of hydrogen-bond donors (Lipinski definition) is 1. The fourth-order valence-corrected chi connectivity index (χ4v) is 2.58. The first-order valence-corrected chi connectivity index (χ1v) is 6.57. The van der Waals surface area contributed by atoms with Crippen LogP contribution in [0.15, 0.2) is 22.7 Å². The zero-order valence-corrected chi connectivity index (χ0v) is 11.3. The molecule has 0 amide bonds. The lowest BCUT2D eigenvalue weighted by molar-refractivity contribution is 0.0163. The molecule has 1 fully saturated rings. The van der Waals surface area contributed by atoms with Crippen molar-refractivity contribution in [2.24, 2.45) is 0 Å². The average molecular weight is 323 g/mol. The van der Waals surface area contributed by atoms with Crippen LogP contribution in [0.2, 0.25) is 0 Å². The molecule has 1 aromatic carbocycles. The van der Waals surface area contributed by atoms with Crippen LogP contribution in [-0.2, 0) is 0 Å². The van der Waals surface area contributed by atoms with E-state index in [0.29, 0.717) is 26.2 Å². The summed E-state index contributed by atoms with van der Waals surface area (Å²) in [5.41, 5.74) is 0.0567. The normalized spacial score (nSPS) is 19.2. The zero-order chi connectivity index (χ0) is 13.1. The molecular formula is C12H14BrF3N2. The molecule has 0 unspecified atom stereocenters. The topological polar surface area (TPSA) is 15.3 Å². The van der Waals surface area contributed by atoms with Crippen molar-refractivity contribution in [1.29, 1.82) is 0 Å². The molecular weight excluding hydrogens is 309 g/mol. The molecule has 0 aliphatic carbocycles. The van der Waals surface area contributed by atoms with Crippen LogP contribution < -0.4 is 5.32 Å². The Morgan fingerprint density at radius 2 is 1.89 bits per heavy atom. The summed E-state index contributed by atoms with van der Waals surface area (Å²) in [6.07, 6.45) is -2.60. The Hall–Kier alpha value is -0.590. The molecule has 18 heavy (non-hydrogen) atoms. The number of hydrogen-bond acceptors (Lipinski definition) is 2. The Kier molecular flexibility index (Phi) is 4.64. The Morgan fingerprint density at radius 1 is 1.22 bits per heavy atom. The molecule has 0 aromatic heterocycles. The van der Waals surface area contributed by atoms with Crippen LogP contribution in [0.4, 0.5) is 13.2 Å². The van der Waals surface area contributed by atoms with Gasteiger partial charge in [0, 0.05) is 31.7 Å². The van der Waals surface area contributed by atoms with Crippen molar-refractivity contribution in [2.45, 2.75) is 12.5 Å². The quantitative estimate of drug-likeness (QED) is 0.920. The zero-order valence-electron chi connectivity index (χ0n) is 9.67. The van der Waals surface area contributed by atoms with Gasteiger partial charge in [-0.3, -0.25) is 4.90 Å². The summed E-state index contributed by atoms with van der Waals surface area (Å²) in [6.45, 7) is 2.31. The summed E-state index contributed by atoms with van der Waals surface area (Å²) in [5, 5.41) is 3.10. The lowest BCUT2D eigenvalue weighted by atomic mass is 10.0. The van der Waals surface area contributed by atoms with Crippen LogP contribution in [0.1, 0.15) is 11.6 Å². The average Bonchev–Trinajstić information content (AvgIpc) is 2.36. The second-order valence-corrected chi connectivity index (χ2v) is 5.06. The molecule has 6 heteroatoms. The molecule has 1 atom stereocenters. The summed E-state index contributed by atoms with van der Waals surface area (Å²) < 4.78 is 40.6.